The molecule has 1 N–H and O–H groups in total. The Bertz CT molecular complexity index is 536. The highest BCUT2D eigenvalue weighted by Gasteiger charge is 2.08. The number of rotatable bonds is 4. The minimum Gasteiger partial charge on any atom is -0.302 e. The van der Waals surface area contributed by atoms with Crippen molar-refractivity contribution in [1.29, 1.82) is 0 Å². The largest absolute Gasteiger partial charge is 0.302 e. The van der Waals surface area contributed by atoms with Gasteiger partial charge in [0.2, 0.25) is 5.91 Å². The molecule has 0 aliphatic heterocycles. The number of fused-ring (bicyclic) bond motifs is 1. The zero-order chi connectivity index (χ0) is 12.3. The van der Waals surface area contributed by atoms with E-state index < -0.39 is 0 Å². The van der Waals surface area contributed by atoms with E-state index >= 15 is 0 Å². The van der Waals surface area contributed by atoms with E-state index in [1.807, 2.05) is 31.4 Å². The average molecular weight is 266 g/mol. The van der Waals surface area contributed by atoms with Crippen molar-refractivity contribution < 1.29 is 4.79 Å². The highest BCUT2D eigenvalue weighted by Crippen LogP contribution is 2.27. The maximum absolute atomic E-state index is 11.6. The summed E-state index contributed by atoms with van der Waals surface area (Å²) < 4.78 is 1.12. The normalized spacial score (nSPS) is 10.7. The zero-order valence-corrected chi connectivity index (χ0v) is 11.5. The molecule has 1 amide bonds. The fourth-order valence-electron chi connectivity index (χ4n) is 1.52. The summed E-state index contributed by atoms with van der Waals surface area (Å²) in [5, 5.41) is 3.54. The van der Waals surface area contributed by atoms with Gasteiger partial charge in [0.05, 0.1) is 10.2 Å². The molecule has 17 heavy (non-hydrogen) atoms. The Hall–Kier alpha value is -1.07. The number of thiazole rings is 1. The number of hydrogen-bond acceptors (Lipinski definition) is 4. The lowest BCUT2D eigenvalue weighted by atomic mass is 10.2. The molecular weight excluding hydrogens is 252 g/mol. The number of amides is 1. The maximum Gasteiger partial charge on any atom is 0.226 e. The molecule has 1 heterocycles. The van der Waals surface area contributed by atoms with Crippen molar-refractivity contribution in [2.75, 3.05) is 17.3 Å². The minimum absolute atomic E-state index is 0.0380. The second-order valence-electron chi connectivity index (χ2n) is 3.73. The van der Waals surface area contributed by atoms with Crippen LogP contribution in [0, 0.1) is 6.92 Å². The summed E-state index contributed by atoms with van der Waals surface area (Å²) in [7, 11) is 0. The smallest absolute Gasteiger partial charge is 0.226 e. The lowest BCUT2D eigenvalue weighted by Crippen LogP contribution is -2.11. The first kappa shape index (κ1) is 12.4. The van der Waals surface area contributed by atoms with Crippen LogP contribution in [-0.2, 0) is 4.79 Å². The van der Waals surface area contributed by atoms with Gasteiger partial charge in [-0.3, -0.25) is 4.79 Å². The first-order chi connectivity index (χ1) is 8.20. The maximum atomic E-state index is 11.6. The van der Waals surface area contributed by atoms with Crippen molar-refractivity contribution in [2.24, 2.45) is 0 Å². The van der Waals surface area contributed by atoms with Crippen LogP contribution in [0.1, 0.15) is 12.0 Å². The number of thioether (sulfide) groups is 1. The fourth-order valence-corrected chi connectivity index (χ4v) is 2.87. The number of nitrogens with one attached hydrogen (secondary N) is 1. The van der Waals surface area contributed by atoms with Gasteiger partial charge in [0.1, 0.15) is 0 Å². The zero-order valence-electron chi connectivity index (χ0n) is 9.82. The number of para-hydroxylation sites is 1. The summed E-state index contributed by atoms with van der Waals surface area (Å²) in [5.74, 6) is 0.881. The van der Waals surface area contributed by atoms with Crippen LogP contribution in [0.2, 0.25) is 0 Å². The number of carbonyl (C=O) groups excluding carboxylic acids is 1. The molecule has 0 unspecified atom stereocenters. The number of hydrogen-bond donors (Lipinski definition) is 1. The molecule has 0 aliphatic carbocycles. The van der Waals surface area contributed by atoms with Gasteiger partial charge in [-0.2, -0.15) is 11.8 Å². The summed E-state index contributed by atoms with van der Waals surface area (Å²) in [6, 6.07) is 6.06. The predicted octanol–water partition coefficient (Wildman–Crippen LogP) is 3.30. The van der Waals surface area contributed by atoms with Crippen LogP contribution < -0.4 is 5.32 Å². The molecule has 0 saturated heterocycles. The third-order valence-electron chi connectivity index (χ3n) is 2.40. The molecule has 2 rings (SSSR count). The highest BCUT2D eigenvalue weighted by molar-refractivity contribution is 7.98. The first-order valence-electron chi connectivity index (χ1n) is 5.35. The van der Waals surface area contributed by atoms with Gasteiger partial charge in [-0.25, -0.2) is 4.98 Å². The number of anilines is 1. The number of benzene rings is 1. The molecule has 5 heteroatoms. The van der Waals surface area contributed by atoms with Gasteiger partial charge in [0.25, 0.3) is 0 Å². The lowest BCUT2D eigenvalue weighted by Gasteiger charge is -1.98. The van der Waals surface area contributed by atoms with Crippen LogP contribution in [0.4, 0.5) is 5.13 Å². The third-order valence-corrected chi connectivity index (χ3v) is 3.95. The van der Waals surface area contributed by atoms with Crippen LogP contribution in [0.5, 0.6) is 0 Å². The number of carbonyl (C=O) groups is 1. The summed E-state index contributed by atoms with van der Waals surface area (Å²) in [6.45, 7) is 2.03. The molecule has 0 fully saturated rings. The van der Waals surface area contributed by atoms with Gasteiger partial charge >= 0.3 is 0 Å². The monoisotopic (exact) mass is 266 g/mol. The fraction of sp³-hybridized carbons (Fsp3) is 0.333. The van der Waals surface area contributed by atoms with E-state index in [4.69, 9.17) is 0 Å². The van der Waals surface area contributed by atoms with Gasteiger partial charge in [-0.05, 0) is 24.8 Å². The number of aromatic nitrogens is 1. The molecule has 90 valence electrons. The van der Waals surface area contributed by atoms with Crippen molar-refractivity contribution >= 4 is 44.4 Å². The lowest BCUT2D eigenvalue weighted by molar-refractivity contribution is -0.115. The summed E-state index contributed by atoms with van der Waals surface area (Å²) in [5.41, 5.74) is 2.13. The first-order valence-corrected chi connectivity index (χ1v) is 7.56. The molecule has 0 atom stereocenters. The standard InChI is InChI=1S/C12H14N2OS2/c1-8-4-3-5-9-11(8)14-12(17-9)13-10(15)6-7-16-2/h3-5H,6-7H2,1-2H3,(H,13,14,15). The summed E-state index contributed by atoms with van der Waals surface area (Å²) >= 11 is 3.19. The Kier molecular flexibility index (Phi) is 4.02. The van der Waals surface area contributed by atoms with Crippen molar-refractivity contribution in [3.8, 4) is 0 Å². The topological polar surface area (TPSA) is 42.0 Å². The minimum atomic E-state index is 0.0380. The van der Waals surface area contributed by atoms with Crippen LogP contribution in [0.3, 0.4) is 0 Å². The molecular formula is C12H14N2OS2. The van der Waals surface area contributed by atoms with Crippen molar-refractivity contribution in [3.63, 3.8) is 0 Å². The van der Waals surface area contributed by atoms with E-state index in [1.165, 1.54) is 11.3 Å². The predicted molar refractivity (Wildman–Crippen MR) is 76.0 cm³/mol. The molecule has 0 radical (unpaired) electrons. The Morgan fingerprint density at radius 2 is 2.35 bits per heavy atom. The van der Waals surface area contributed by atoms with Gasteiger partial charge < -0.3 is 5.32 Å². The second-order valence-corrected chi connectivity index (χ2v) is 5.75. The van der Waals surface area contributed by atoms with Crippen LogP contribution in [0.15, 0.2) is 18.2 Å². The van der Waals surface area contributed by atoms with Crippen molar-refractivity contribution in [3.05, 3.63) is 23.8 Å². The second kappa shape index (κ2) is 5.51. The Labute approximate surface area is 109 Å². The van der Waals surface area contributed by atoms with E-state index in [-0.39, 0.29) is 5.91 Å². The molecule has 1 aromatic heterocycles. The molecule has 0 aliphatic rings. The van der Waals surface area contributed by atoms with E-state index in [2.05, 4.69) is 10.3 Å². The van der Waals surface area contributed by atoms with E-state index in [9.17, 15) is 4.79 Å². The molecule has 0 saturated carbocycles. The Balaban J connectivity index is 2.14. The SMILES string of the molecule is CSCCC(=O)Nc1nc2c(C)cccc2s1. The molecule has 3 nitrogen and oxygen atoms in total. The van der Waals surface area contributed by atoms with E-state index in [1.54, 1.807) is 11.8 Å². The molecule has 0 bridgehead atoms. The van der Waals surface area contributed by atoms with Gasteiger partial charge in [-0.1, -0.05) is 23.5 Å². The van der Waals surface area contributed by atoms with Crippen molar-refractivity contribution in [1.82, 2.24) is 4.98 Å². The third kappa shape index (κ3) is 2.98. The van der Waals surface area contributed by atoms with Crippen LogP contribution in [0.25, 0.3) is 10.2 Å². The average Bonchev–Trinajstić information content (AvgIpc) is 2.70. The number of aryl methyl sites for hydroxylation is 1. The Morgan fingerprint density at radius 1 is 1.53 bits per heavy atom. The summed E-state index contributed by atoms with van der Waals surface area (Å²) in [4.78, 5) is 16.0. The van der Waals surface area contributed by atoms with Crippen LogP contribution >= 0.6 is 23.1 Å². The molecule has 1 aromatic carbocycles. The molecule has 0 spiro atoms. The summed E-state index contributed by atoms with van der Waals surface area (Å²) in [6.07, 6.45) is 2.53. The highest BCUT2D eigenvalue weighted by atomic mass is 32.2. The molecule has 2 aromatic rings. The van der Waals surface area contributed by atoms with Gasteiger partial charge in [0, 0.05) is 12.2 Å². The van der Waals surface area contributed by atoms with E-state index in [0.717, 1.165) is 21.5 Å². The number of nitrogens with zero attached hydrogens (tertiary/aromatic N) is 1. The quantitative estimate of drug-likeness (QED) is 0.923. The van der Waals surface area contributed by atoms with Gasteiger partial charge in [-0.15, -0.1) is 0 Å². The van der Waals surface area contributed by atoms with Gasteiger partial charge in [0.15, 0.2) is 5.13 Å². The van der Waals surface area contributed by atoms with Crippen LogP contribution in [-0.4, -0.2) is 22.9 Å². The Morgan fingerprint density at radius 3 is 3.06 bits per heavy atom. The van der Waals surface area contributed by atoms with Crippen molar-refractivity contribution in [2.45, 2.75) is 13.3 Å². The van der Waals surface area contributed by atoms with E-state index in [0.29, 0.717) is 11.6 Å².